The number of nitrogens with one attached hydrogen (secondary N) is 1. The van der Waals surface area contributed by atoms with Gasteiger partial charge in [0, 0.05) is 24.2 Å². The molecule has 1 atom stereocenters. The van der Waals surface area contributed by atoms with Gasteiger partial charge in [-0.05, 0) is 43.0 Å². The standard InChI is InChI=1S/C15H22BrNO2/c1-18-10-11-19-9-3-8-17-15-7-6-12-13(15)4-2-5-14(12)16/h2,4-5,15,17H,3,6-11H2,1H3. The van der Waals surface area contributed by atoms with Crippen molar-refractivity contribution in [1.29, 1.82) is 0 Å². The second-order valence-corrected chi connectivity index (χ2v) is 5.67. The van der Waals surface area contributed by atoms with E-state index in [1.807, 2.05) is 0 Å². The Morgan fingerprint density at radius 2 is 2.21 bits per heavy atom. The first-order valence-corrected chi connectivity index (χ1v) is 7.69. The molecule has 0 radical (unpaired) electrons. The van der Waals surface area contributed by atoms with E-state index < -0.39 is 0 Å². The van der Waals surface area contributed by atoms with Crippen molar-refractivity contribution in [3.05, 3.63) is 33.8 Å². The van der Waals surface area contributed by atoms with Crippen molar-refractivity contribution in [2.24, 2.45) is 0 Å². The number of benzene rings is 1. The molecule has 2 rings (SSSR count). The van der Waals surface area contributed by atoms with Crippen molar-refractivity contribution >= 4 is 15.9 Å². The summed E-state index contributed by atoms with van der Waals surface area (Å²) < 4.78 is 11.6. The Labute approximate surface area is 123 Å². The van der Waals surface area contributed by atoms with Crippen LogP contribution in [0.15, 0.2) is 22.7 Å². The van der Waals surface area contributed by atoms with E-state index in [1.165, 1.54) is 28.4 Å². The molecular weight excluding hydrogens is 306 g/mol. The predicted octanol–water partition coefficient (Wildman–Crippen LogP) is 3.08. The lowest BCUT2D eigenvalue weighted by Gasteiger charge is -2.14. The Morgan fingerprint density at radius 3 is 3.05 bits per heavy atom. The van der Waals surface area contributed by atoms with Crippen LogP contribution in [0, 0.1) is 0 Å². The molecule has 3 nitrogen and oxygen atoms in total. The first-order valence-electron chi connectivity index (χ1n) is 6.90. The highest BCUT2D eigenvalue weighted by molar-refractivity contribution is 9.10. The molecule has 1 aromatic rings. The normalized spacial score (nSPS) is 17.7. The van der Waals surface area contributed by atoms with Gasteiger partial charge in [0.15, 0.2) is 0 Å². The molecule has 0 fully saturated rings. The van der Waals surface area contributed by atoms with Gasteiger partial charge < -0.3 is 14.8 Å². The van der Waals surface area contributed by atoms with E-state index in [9.17, 15) is 0 Å². The van der Waals surface area contributed by atoms with Gasteiger partial charge in [-0.1, -0.05) is 28.1 Å². The molecule has 4 heteroatoms. The van der Waals surface area contributed by atoms with Gasteiger partial charge in [0.2, 0.25) is 0 Å². The molecule has 0 heterocycles. The number of ether oxygens (including phenoxy) is 2. The second kappa shape index (κ2) is 8.00. The molecule has 0 saturated heterocycles. The highest BCUT2D eigenvalue weighted by atomic mass is 79.9. The fraction of sp³-hybridized carbons (Fsp3) is 0.600. The fourth-order valence-corrected chi connectivity index (χ4v) is 3.10. The third-order valence-corrected chi connectivity index (χ3v) is 4.24. The Kier molecular flexibility index (Phi) is 6.31. The summed E-state index contributed by atoms with van der Waals surface area (Å²) in [6.07, 6.45) is 3.41. The minimum absolute atomic E-state index is 0.506. The second-order valence-electron chi connectivity index (χ2n) is 4.81. The van der Waals surface area contributed by atoms with Gasteiger partial charge in [-0.15, -0.1) is 0 Å². The fourth-order valence-electron chi connectivity index (χ4n) is 2.52. The molecule has 1 aliphatic carbocycles. The Balaban J connectivity index is 1.67. The van der Waals surface area contributed by atoms with Gasteiger partial charge >= 0.3 is 0 Å². The third kappa shape index (κ3) is 4.28. The zero-order valence-electron chi connectivity index (χ0n) is 11.5. The molecule has 1 aromatic carbocycles. The van der Waals surface area contributed by atoms with Gasteiger partial charge in [0.25, 0.3) is 0 Å². The number of hydrogen-bond acceptors (Lipinski definition) is 3. The predicted molar refractivity (Wildman–Crippen MR) is 80.5 cm³/mol. The number of methoxy groups -OCH3 is 1. The highest BCUT2D eigenvalue weighted by Gasteiger charge is 2.22. The van der Waals surface area contributed by atoms with Gasteiger partial charge in [0.05, 0.1) is 13.2 Å². The van der Waals surface area contributed by atoms with Gasteiger partial charge in [0.1, 0.15) is 0 Å². The van der Waals surface area contributed by atoms with Crippen LogP contribution in [0.3, 0.4) is 0 Å². The van der Waals surface area contributed by atoms with Crippen molar-refractivity contribution in [3.63, 3.8) is 0 Å². The van der Waals surface area contributed by atoms with Crippen LogP contribution in [0.5, 0.6) is 0 Å². The van der Waals surface area contributed by atoms with Gasteiger partial charge in [-0.25, -0.2) is 0 Å². The van der Waals surface area contributed by atoms with Crippen molar-refractivity contribution in [2.45, 2.75) is 25.3 Å². The lowest BCUT2D eigenvalue weighted by molar-refractivity contribution is 0.0692. The summed E-state index contributed by atoms with van der Waals surface area (Å²) in [5.41, 5.74) is 2.92. The van der Waals surface area contributed by atoms with E-state index in [0.29, 0.717) is 19.3 Å². The Bertz CT molecular complexity index is 398. The maximum Gasteiger partial charge on any atom is 0.0700 e. The average molecular weight is 328 g/mol. The van der Waals surface area contributed by atoms with E-state index in [2.05, 4.69) is 39.4 Å². The van der Waals surface area contributed by atoms with Crippen molar-refractivity contribution in [1.82, 2.24) is 5.32 Å². The average Bonchev–Trinajstić information content (AvgIpc) is 2.83. The topological polar surface area (TPSA) is 30.5 Å². The summed E-state index contributed by atoms with van der Waals surface area (Å²) in [5.74, 6) is 0. The monoisotopic (exact) mass is 327 g/mol. The lowest BCUT2D eigenvalue weighted by Crippen LogP contribution is -2.21. The van der Waals surface area contributed by atoms with Crippen molar-refractivity contribution < 1.29 is 9.47 Å². The smallest absolute Gasteiger partial charge is 0.0700 e. The summed E-state index contributed by atoms with van der Waals surface area (Å²) >= 11 is 3.63. The Hall–Kier alpha value is -0.420. The quantitative estimate of drug-likeness (QED) is 0.744. The van der Waals surface area contributed by atoms with Gasteiger partial charge in [-0.3, -0.25) is 0 Å². The van der Waals surface area contributed by atoms with Gasteiger partial charge in [-0.2, -0.15) is 0 Å². The summed E-state index contributed by atoms with van der Waals surface area (Å²) in [5, 5.41) is 3.62. The molecule has 0 aliphatic heterocycles. The first-order chi connectivity index (χ1) is 9.33. The molecule has 0 aromatic heterocycles. The van der Waals surface area contributed by atoms with Crippen molar-refractivity contribution in [3.8, 4) is 0 Å². The summed E-state index contributed by atoms with van der Waals surface area (Å²) in [7, 11) is 1.70. The van der Waals surface area contributed by atoms with Crippen LogP contribution in [0.2, 0.25) is 0 Å². The molecule has 19 heavy (non-hydrogen) atoms. The summed E-state index contributed by atoms with van der Waals surface area (Å²) in [4.78, 5) is 0. The molecule has 0 spiro atoms. The first kappa shape index (κ1) is 15.0. The molecule has 1 aliphatic rings. The summed E-state index contributed by atoms with van der Waals surface area (Å²) in [6.45, 7) is 3.17. The highest BCUT2D eigenvalue weighted by Crippen LogP contribution is 2.35. The molecule has 1 unspecified atom stereocenters. The summed E-state index contributed by atoms with van der Waals surface area (Å²) in [6, 6.07) is 6.99. The van der Waals surface area contributed by atoms with Crippen LogP contribution in [0.25, 0.3) is 0 Å². The van der Waals surface area contributed by atoms with E-state index in [1.54, 1.807) is 7.11 Å². The molecule has 0 amide bonds. The molecular formula is C15H22BrNO2. The number of halogens is 1. The molecule has 0 bridgehead atoms. The van der Waals surface area contributed by atoms with Crippen LogP contribution < -0.4 is 5.32 Å². The maximum absolute atomic E-state index is 5.45. The van der Waals surface area contributed by atoms with E-state index in [0.717, 1.165) is 19.6 Å². The molecule has 0 saturated carbocycles. The Morgan fingerprint density at radius 1 is 1.32 bits per heavy atom. The minimum atomic E-state index is 0.506. The molecule has 106 valence electrons. The SMILES string of the molecule is COCCOCCCNC1CCc2c(Br)cccc21. The largest absolute Gasteiger partial charge is 0.382 e. The minimum Gasteiger partial charge on any atom is -0.382 e. The van der Waals surface area contributed by atoms with E-state index >= 15 is 0 Å². The zero-order chi connectivity index (χ0) is 13.5. The van der Waals surface area contributed by atoms with Crippen LogP contribution in [-0.4, -0.2) is 33.5 Å². The van der Waals surface area contributed by atoms with E-state index in [4.69, 9.17) is 9.47 Å². The van der Waals surface area contributed by atoms with E-state index in [-0.39, 0.29) is 0 Å². The lowest BCUT2D eigenvalue weighted by atomic mass is 10.1. The third-order valence-electron chi connectivity index (χ3n) is 3.50. The zero-order valence-corrected chi connectivity index (χ0v) is 13.0. The van der Waals surface area contributed by atoms with Crippen LogP contribution >= 0.6 is 15.9 Å². The molecule has 1 N–H and O–H groups in total. The maximum atomic E-state index is 5.45. The van der Waals surface area contributed by atoms with Crippen LogP contribution in [-0.2, 0) is 15.9 Å². The van der Waals surface area contributed by atoms with Crippen LogP contribution in [0.4, 0.5) is 0 Å². The number of fused-ring (bicyclic) bond motifs is 1. The number of rotatable bonds is 8. The number of hydrogen-bond donors (Lipinski definition) is 1. The van der Waals surface area contributed by atoms with Crippen LogP contribution in [0.1, 0.15) is 30.0 Å². The van der Waals surface area contributed by atoms with Crippen molar-refractivity contribution in [2.75, 3.05) is 33.5 Å².